The van der Waals surface area contributed by atoms with Gasteiger partial charge in [-0.25, -0.2) is 12.8 Å². The zero-order valence-corrected chi connectivity index (χ0v) is 15.7. The van der Waals surface area contributed by atoms with E-state index in [4.69, 9.17) is 17.3 Å². The minimum Gasteiger partial charge on any atom is -0.339 e. The maximum Gasteiger partial charge on any atom is 0.242 e. The van der Waals surface area contributed by atoms with Crippen LogP contribution in [0.3, 0.4) is 0 Å². The Morgan fingerprint density at radius 3 is 2.52 bits per heavy atom. The van der Waals surface area contributed by atoms with E-state index in [0.29, 0.717) is 26.2 Å². The quantitative estimate of drug-likeness (QED) is 0.744. The summed E-state index contributed by atoms with van der Waals surface area (Å²) in [6.45, 7) is 3.67. The summed E-state index contributed by atoms with van der Waals surface area (Å²) < 4.78 is 41.0. The highest BCUT2D eigenvalue weighted by Gasteiger charge is 2.31. The first-order chi connectivity index (χ1) is 11.7. The number of amides is 1. The van der Waals surface area contributed by atoms with Crippen molar-refractivity contribution in [3.05, 3.63) is 28.5 Å². The summed E-state index contributed by atoms with van der Waals surface area (Å²) in [5.41, 5.74) is 5.81. The Bertz CT molecular complexity index is 751. The highest BCUT2D eigenvalue weighted by Crippen LogP contribution is 2.25. The van der Waals surface area contributed by atoms with Gasteiger partial charge in [-0.2, -0.15) is 4.72 Å². The molecule has 0 radical (unpaired) electrons. The minimum absolute atomic E-state index is 0.00457. The Kier molecular flexibility index (Phi) is 6.39. The summed E-state index contributed by atoms with van der Waals surface area (Å²) in [6, 6.07) is 0.790. The summed E-state index contributed by atoms with van der Waals surface area (Å²) in [5, 5.41) is -0.00457. The summed E-state index contributed by atoms with van der Waals surface area (Å²) >= 11 is 5.86. The molecule has 1 aliphatic heterocycles. The van der Waals surface area contributed by atoms with Gasteiger partial charge in [-0.05, 0) is 31.7 Å². The van der Waals surface area contributed by atoms with Crippen LogP contribution in [-0.2, 0) is 14.8 Å². The molecule has 1 aromatic rings. The number of piperazine rings is 1. The zero-order valence-electron chi connectivity index (χ0n) is 14.1. The Balaban J connectivity index is 2.21. The lowest BCUT2D eigenvalue weighted by molar-refractivity contribution is -0.134. The lowest BCUT2D eigenvalue weighted by Gasteiger charge is -2.34. The third kappa shape index (κ3) is 4.68. The second-order valence-corrected chi connectivity index (χ2v) is 8.14. The van der Waals surface area contributed by atoms with Gasteiger partial charge in [0.15, 0.2) is 0 Å². The first-order valence-electron chi connectivity index (χ1n) is 7.81. The van der Waals surface area contributed by atoms with E-state index in [2.05, 4.69) is 9.62 Å². The van der Waals surface area contributed by atoms with Crippen molar-refractivity contribution >= 4 is 27.5 Å². The van der Waals surface area contributed by atoms with Crippen molar-refractivity contribution in [2.45, 2.75) is 17.9 Å². The van der Waals surface area contributed by atoms with Gasteiger partial charge in [0.2, 0.25) is 15.9 Å². The van der Waals surface area contributed by atoms with Crippen LogP contribution in [0.15, 0.2) is 17.0 Å². The third-order valence-corrected chi connectivity index (χ3v) is 6.19. The van der Waals surface area contributed by atoms with Crippen molar-refractivity contribution in [2.75, 3.05) is 39.8 Å². The Hall–Kier alpha value is -1.26. The number of nitrogens with zero attached hydrogens (tertiary/aromatic N) is 2. The van der Waals surface area contributed by atoms with E-state index in [-0.39, 0.29) is 27.9 Å². The molecule has 1 heterocycles. The topological polar surface area (TPSA) is 95.7 Å². The number of hydrogen-bond acceptors (Lipinski definition) is 5. The second kappa shape index (κ2) is 7.96. The average molecular weight is 393 g/mol. The molecule has 1 aromatic carbocycles. The molecule has 0 aromatic heterocycles. The van der Waals surface area contributed by atoms with Crippen LogP contribution < -0.4 is 10.5 Å². The number of nitrogens with one attached hydrogen (secondary N) is 1. The summed E-state index contributed by atoms with van der Waals surface area (Å²) in [6.07, 6.45) is 0. The average Bonchev–Trinajstić information content (AvgIpc) is 2.56. The molecule has 3 N–H and O–H groups in total. The molecule has 1 saturated heterocycles. The van der Waals surface area contributed by atoms with E-state index in [1.54, 1.807) is 4.90 Å². The van der Waals surface area contributed by atoms with Gasteiger partial charge in [0.25, 0.3) is 0 Å². The standard InChI is InChI=1S/C15H22ClFN4O3S/c1-10-12(16)7-11(17)8-14(10)25(23,24)19-13(9-18)15(22)21-5-3-20(2)4-6-21/h7-8,13,19H,3-6,9,18H2,1-2H3/t13-/m0/s1. The van der Waals surface area contributed by atoms with Crippen LogP contribution in [0.1, 0.15) is 5.56 Å². The Labute approximate surface area is 152 Å². The molecule has 140 valence electrons. The molecule has 7 nitrogen and oxygen atoms in total. The maximum absolute atomic E-state index is 13.6. The van der Waals surface area contributed by atoms with Gasteiger partial charge in [0.05, 0.1) is 4.90 Å². The highest BCUT2D eigenvalue weighted by atomic mass is 35.5. The van der Waals surface area contributed by atoms with Gasteiger partial charge in [0.1, 0.15) is 11.9 Å². The van der Waals surface area contributed by atoms with Gasteiger partial charge >= 0.3 is 0 Å². The second-order valence-electron chi connectivity index (χ2n) is 6.05. The van der Waals surface area contributed by atoms with Gasteiger partial charge in [-0.1, -0.05) is 11.6 Å². The third-order valence-electron chi connectivity index (χ3n) is 4.20. The van der Waals surface area contributed by atoms with E-state index < -0.39 is 21.9 Å². The lowest BCUT2D eigenvalue weighted by atomic mass is 10.2. The number of carbonyl (C=O) groups is 1. The Morgan fingerprint density at radius 1 is 1.36 bits per heavy atom. The molecular formula is C15H22ClFN4O3S. The summed E-state index contributed by atoms with van der Waals surface area (Å²) in [7, 11) is -2.21. The molecule has 1 aliphatic rings. The molecule has 10 heteroatoms. The van der Waals surface area contributed by atoms with Crippen LogP contribution in [0, 0.1) is 12.7 Å². The molecule has 0 spiro atoms. The van der Waals surface area contributed by atoms with Crippen molar-refractivity contribution < 1.29 is 17.6 Å². The van der Waals surface area contributed by atoms with E-state index in [0.717, 1.165) is 12.1 Å². The molecule has 0 unspecified atom stereocenters. The number of sulfonamides is 1. The SMILES string of the molecule is Cc1c(Cl)cc(F)cc1S(=O)(=O)N[C@@H](CN)C(=O)N1CCN(C)CC1. The van der Waals surface area contributed by atoms with Crippen LogP contribution in [0.4, 0.5) is 4.39 Å². The van der Waals surface area contributed by atoms with E-state index >= 15 is 0 Å². The van der Waals surface area contributed by atoms with E-state index in [1.165, 1.54) is 6.92 Å². The normalized spacial score (nSPS) is 17.6. The number of hydrogen-bond donors (Lipinski definition) is 2. The first kappa shape index (κ1) is 20.1. The van der Waals surface area contributed by atoms with Gasteiger partial charge in [-0.15, -0.1) is 0 Å². The van der Waals surface area contributed by atoms with Crippen molar-refractivity contribution in [3.8, 4) is 0 Å². The van der Waals surface area contributed by atoms with Crippen molar-refractivity contribution in [2.24, 2.45) is 5.73 Å². The maximum atomic E-state index is 13.6. The van der Waals surface area contributed by atoms with Crippen LogP contribution in [-0.4, -0.2) is 69.9 Å². The first-order valence-corrected chi connectivity index (χ1v) is 9.67. The highest BCUT2D eigenvalue weighted by molar-refractivity contribution is 7.89. The van der Waals surface area contributed by atoms with E-state index in [9.17, 15) is 17.6 Å². The Morgan fingerprint density at radius 2 is 1.96 bits per heavy atom. The summed E-state index contributed by atoms with van der Waals surface area (Å²) in [5.74, 6) is -1.16. The van der Waals surface area contributed by atoms with E-state index in [1.807, 2.05) is 7.05 Å². The molecular weight excluding hydrogens is 371 g/mol. The predicted molar refractivity (Wildman–Crippen MR) is 93.4 cm³/mol. The summed E-state index contributed by atoms with van der Waals surface area (Å²) in [4.78, 5) is 15.9. The van der Waals surface area contributed by atoms with Crippen molar-refractivity contribution in [3.63, 3.8) is 0 Å². The molecule has 0 saturated carbocycles. The number of carbonyl (C=O) groups excluding carboxylic acids is 1. The van der Waals surface area contributed by atoms with Gasteiger partial charge in [-0.3, -0.25) is 4.79 Å². The zero-order chi connectivity index (χ0) is 18.8. The van der Waals surface area contributed by atoms with Crippen LogP contribution in [0.25, 0.3) is 0 Å². The molecule has 1 atom stereocenters. The smallest absolute Gasteiger partial charge is 0.242 e. The largest absolute Gasteiger partial charge is 0.339 e. The fourth-order valence-electron chi connectivity index (χ4n) is 2.60. The molecule has 1 fully saturated rings. The van der Waals surface area contributed by atoms with Crippen LogP contribution >= 0.6 is 11.6 Å². The monoisotopic (exact) mass is 392 g/mol. The number of likely N-dealkylation sites (N-methyl/N-ethyl adjacent to an activating group) is 1. The van der Waals surface area contributed by atoms with Crippen LogP contribution in [0.5, 0.6) is 0 Å². The van der Waals surface area contributed by atoms with Gasteiger partial charge in [0, 0.05) is 37.7 Å². The molecule has 0 aliphatic carbocycles. The lowest BCUT2D eigenvalue weighted by Crippen LogP contribution is -2.56. The van der Waals surface area contributed by atoms with Crippen LogP contribution in [0.2, 0.25) is 5.02 Å². The molecule has 1 amide bonds. The molecule has 25 heavy (non-hydrogen) atoms. The fourth-order valence-corrected chi connectivity index (χ4v) is 4.34. The number of rotatable bonds is 5. The fraction of sp³-hybridized carbons (Fsp3) is 0.533. The van der Waals surface area contributed by atoms with Gasteiger partial charge < -0.3 is 15.5 Å². The number of nitrogens with two attached hydrogens (primary N) is 1. The molecule has 0 bridgehead atoms. The molecule has 2 rings (SSSR count). The van der Waals surface area contributed by atoms with Crippen molar-refractivity contribution in [1.82, 2.24) is 14.5 Å². The predicted octanol–water partition coefficient (Wildman–Crippen LogP) is 0.167. The minimum atomic E-state index is -4.15. The number of benzene rings is 1. The number of halogens is 2. The van der Waals surface area contributed by atoms with Crippen molar-refractivity contribution in [1.29, 1.82) is 0 Å².